The van der Waals surface area contributed by atoms with Crippen LogP contribution in [0.5, 0.6) is 0 Å². The SMILES string of the molecule is C[C@@H](Cn1ccc2cc(Br)ccc21)NC[C]=O. The van der Waals surface area contributed by atoms with Gasteiger partial charge < -0.3 is 9.88 Å². The van der Waals surface area contributed by atoms with Gasteiger partial charge in [-0.15, -0.1) is 0 Å². The second-order valence-electron chi connectivity index (χ2n) is 4.10. The van der Waals surface area contributed by atoms with Gasteiger partial charge >= 0.3 is 0 Å². The lowest BCUT2D eigenvalue weighted by Crippen LogP contribution is -2.31. The summed E-state index contributed by atoms with van der Waals surface area (Å²) in [5, 5.41) is 4.31. The molecule has 0 saturated heterocycles. The molecule has 2 aromatic rings. The summed E-state index contributed by atoms with van der Waals surface area (Å²) in [6.07, 6.45) is 3.92. The third-order valence-corrected chi connectivity index (χ3v) is 3.22. The van der Waals surface area contributed by atoms with Gasteiger partial charge in [-0.05, 0) is 31.2 Å². The molecule has 1 aromatic heterocycles. The maximum atomic E-state index is 10.2. The monoisotopic (exact) mass is 293 g/mol. The predicted octanol–water partition coefficient (Wildman–Crippen LogP) is 2.49. The van der Waals surface area contributed by atoms with Crippen molar-refractivity contribution in [1.29, 1.82) is 0 Å². The first-order chi connectivity index (χ1) is 8.20. The van der Waals surface area contributed by atoms with Crippen LogP contribution in [0.15, 0.2) is 34.9 Å². The van der Waals surface area contributed by atoms with Gasteiger partial charge in [0.05, 0.1) is 6.54 Å². The van der Waals surface area contributed by atoms with E-state index in [4.69, 9.17) is 0 Å². The third-order valence-electron chi connectivity index (χ3n) is 2.73. The van der Waals surface area contributed by atoms with Gasteiger partial charge in [0.1, 0.15) is 0 Å². The molecule has 17 heavy (non-hydrogen) atoms. The minimum absolute atomic E-state index is 0.246. The highest BCUT2D eigenvalue weighted by Crippen LogP contribution is 2.21. The van der Waals surface area contributed by atoms with E-state index in [1.54, 1.807) is 0 Å². The molecule has 0 aliphatic rings. The Morgan fingerprint density at radius 3 is 3.06 bits per heavy atom. The summed E-state index contributed by atoms with van der Waals surface area (Å²) >= 11 is 3.46. The standard InChI is InChI=1S/C13H14BrN2O/c1-10(15-5-7-17)9-16-6-4-11-8-12(14)2-3-13(11)16/h2-4,6,8,10,15H,5,9H2,1H3/t10-/m0/s1. The number of nitrogens with zero attached hydrogens (tertiary/aromatic N) is 1. The number of rotatable bonds is 5. The molecule has 0 aliphatic heterocycles. The van der Waals surface area contributed by atoms with Crippen molar-refractivity contribution < 1.29 is 4.79 Å². The molecule has 0 aliphatic carbocycles. The van der Waals surface area contributed by atoms with Crippen LogP contribution in [0.3, 0.4) is 0 Å². The first kappa shape index (κ1) is 12.3. The molecule has 1 radical (unpaired) electrons. The smallest absolute Gasteiger partial charge is 0.213 e. The molecule has 0 saturated carbocycles. The summed E-state index contributed by atoms with van der Waals surface area (Å²) in [7, 11) is 0. The fourth-order valence-electron chi connectivity index (χ4n) is 1.91. The Kier molecular flexibility index (Phi) is 3.97. The molecular formula is C13H14BrN2O. The van der Waals surface area contributed by atoms with Gasteiger partial charge in [-0.3, -0.25) is 4.79 Å². The van der Waals surface area contributed by atoms with Gasteiger partial charge in [-0.1, -0.05) is 15.9 Å². The largest absolute Gasteiger partial charge is 0.346 e. The van der Waals surface area contributed by atoms with E-state index in [0.717, 1.165) is 11.0 Å². The Bertz CT molecular complexity index is 521. The molecule has 0 spiro atoms. The van der Waals surface area contributed by atoms with E-state index in [-0.39, 0.29) is 12.6 Å². The second kappa shape index (κ2) is 5.47. The molecule has 0 fully saturated rings. The minimum atomic E-state index is 0.246. The molecule has 2 rings (SSSR count). The van der Waals surface area contributed by atoms with Crippen molar-refractivity contribution >= 4 is 33.1 Å². The maximum Gasteiger partial charge on any atom is 0.213 e. The van der Waals surface area contributed by atoms with Crippen LogP contribution in [0.4, 0.5) is 0 Å². The molecule has 1 N–H and O–H groups in total. The highest BCUT2D eigenvalue weighted by molar-refractivity contribution is 9.10. The molecule has 0 bridgehead atoms. The molecule has 1 atom stereocenters. The number of halogens is 1. The Morgan fingerprint density at radius 2 is 2.29 bits per heavy atom. The van der Waals surface area contributed by atoms with Crippen LogP contribution < -0.4 is 5.32 Å². The number of aromatic nitrogens is 1. The highest BCUT2D eigenvalue weighted by atomic mass is 79.9. The summed E-state index contributed by atoms with van der Waals surface area (Å²) in [5.74, 6) is 0. The highest BCUT2D eigenvalue weighted by Gasteiger charge is 2.05. The van der Waals surface area contributed by atoms with E-state index in [9.17, 15) is 4.79 Å². The zero-order valence-corrected chi connectivity index (χ0v) is 11.2. The number of carbonyl (C=O) groups excluding carboxylic acids is 1. The Labute approximate surface area is 109 Å². The molecule has 1 heterocycles. The summed E-state index contributed by atoms with van der Waals surface area (Å²) in [6.45, 7) is 3.18. The van der Waals surface area contributed by atoms with E-state index in [0.29, 0.717) is 0 Å². The van der Waals surface area contributed by atoms with Crippen LogP contribution in [0.1, 0.15) is 6.92 Å². The topological polar surface area (TPSA) is 34.0 Å². The average Bonchev–Trinajstić information content (AvgIpc) is 2.69. The van der Waals surface area contributed by atoms with Gasteiger partial charge in [0.25, 0.3) is 0 Å². The summed E-state index contributed by atoms with van der Waals surface area (Å²) in [4.78, 5) is 10.2. The van der Waals surface area contributed by atoms with Crippen LogP contribution in [0, 0.1) is 0 Å². The number of fused-ring (bicyclic) bond motifs is 1. The number of hydrogen-bond acceptors (Lipinski definition) is 2. The van der Waals surface area contributed by atoms with Crippen LogP contribution >= 0.6 is 15.9 Å². The fourth-order valence-corrected chi connectivity index (χ4v) is 2.28. The lowest BCUT2D eigenvalue weighted by atomic mass is 10.2. The summed E-state index contributed by atoms with van der Waals surface area (Å²) in [5.41, 5.74) is 1.21. The zero-order chi connectivity index (χ0) is 12.3. The molecular weight excluding hydrogens is 280 g/mol. The summed E-state index contributed by atoms with van der Waals surface area (Å²) in [6, 6.07) is 8.58. The van der Waals surface area contributed by atoms with Gasteiger partial charge in [-0.2, -0.15) is 0 Å². The van der Waals surface area contributed by atoms with Gasteiger partial charge in [0.2, 0.25) is 6.29 Å². The quantitative estimate of drug-likeness (QED) is 0.919. The van der Waals surface area contributed by atoms with Crippen molar-refractivity contribution in [1.82, 2.24) is 9.88 Å². The Hall–Kier alpha value is -1.13. The van der Waals surface area contributed by atoms with Crippen molar-refractivity contribution in [3.8, 4) is 0 Å². The van der Waals surface area contributed by atoms with Crippen LogP contribution in [-0.4, -0.2) is 23.4 Å². The van der Waals surface area contributed by atoms with E-state index in [1.165, 1.54) is 10.9 Å². The van der Waals surface area contributed by atoms with Crippen LogP contribution in [0.25, 0.3) is 10.9 Å². The molecule has 4 heteroatoms. The lowest BCUT2D eigenvalue weighted by Gasteiger charge is -2.13. The number of benzene rings is 1. The van der Waals surface area contributed by atoms with E-state index >= 15 is 0 Å². The minimum Gasteiger partial charge on any atom is -0.346 e. The van der Waals surface area contributed by atoms with Crippen molar-refractivity contribution in [3.05, 3.63) is 34.9 Å². The first-order valence-corrected chi connectivity index (χ1v) is 6.33. The van der Waals surface area contributed by atoms with E-state index in [1.807, 2.05) is 12.4 Å². The van der Waals surface area contributed by atoms with E-state index < -0.39 is 0 Å². The van der Waals surface area contributed by atoms with Crippen molar-refractivity contribution in [2.45, 2.75) is 19.5 Å². The first-order valence-electron chi connectivity index (χ1n) is 5.53. The molecule has 1 aromatic carbocycles. The van der Waals surface area contributed by atoms with E-state index in [2.05, 4.69) is 57.1 Å². The molecule has 89 valence electrons. The van der Waals surface area contributed by atoms with Gasteiger partial charge in [0, 0.05) is 34.2 Å². The molecule has 0 unspecified atom stereocenters. The predicted molar refractivity (Wildman–Crippen MR) is 72.8 cm³/mol. The molecule has 3 nitrogen and oxygen atoms in total. The van der Waals surface area contributed by atoms with Crippen molar-refractivity contribution in [2.75, 3.05) is 6.54 Å². The molecule has 0 amide bonds. The lowest BCUT2D eigenvalue weighted by molar-refractivity contribution is 0.495. The Morgan fingerprint density at radius 1 is 1.47 bits per heavy atom. The van der Waals surface area contributed by atoms with Gasteiger partial charge in [-0.25, -0.2) is 0 Å². The third kappa shape index (κ3) is 2.96. The average molecular weight is 294 g/mol. The Balaban J connectivity index is 2.16. The fraction of sp³-hybridized carbons (Fsp3) is 0.308. The van der Waals surface area contributed by atoms with Crippen molar-refractivity contribution in [3.63, 3.8) is 0 Å². The number of hydrogen-bond donors (Lipinski definition) is 1. The second-order valence-corrected chi connectivity index (χ2v) is 5.01. The van der Waals surface area contributed by atoms with Crippen LogP contribution in [-0.2, 0) is 11.3 Å². The maximum absolute atomic E-state index is 10.2. The zero-order valence-electron chi connectivity index (χ0n) is 9.61. The van der Waals surface area contributed by atoms with Gasteiger partial charge in [0.15, 0.2) is 0 Å². The summed E-state index contributed by atoms with van der Waals surface area (Å²) < 4.78 is 3.27. The van der Waals surface area contributed by atoms with Crippen LogP contribution in [0.2, 0.25) is 0 Å². The number of nitrogens with one attached hydrogen (secondary N) is 1. The normalized spacial score (nSPS) is 12.8. The van der Waals surface area contributed by atoms with Crippen molar-refractivity contribution in [2.24, 2.45) is 0 Å².